The molecule has 2 aliphatic rings. The number of hydrogen-bond donors (Lipinski definition) is 2. The van der Waals surface area contributed by atoms with E-state index in [2.05, 4.69) is 16.7 Å². The van der Waals surface area contributed by atoms with Gasteiger partial charge >= 0.3 is 0 Å². The first-order valence-electron chi connectivity index (χ1n) is 8.54. The number of aryl methyl sites for hydroxylation is 2. The fourth-order valence-electron chi connectivity index (χ4n) is 3.37. The molecule has 1 aromatic carbocycles. The van der Waals surface area contributed by atoms with Crippen LogP contribution in [0.2, 0.25) is 0 Å². The normalized spacial score (nSPS) is 14.8. The van der Waals surface area contributed by atoms with Crippen LogP contribution in [0.3, 0.4) is 0 Å². The number of nitrogens with one attached hydrogen (secondary N) is 2. The van der Waals surface area contributed by atoms with Gasteiger partial charge in [-0.3, -0.25) is 9.59 Å². The molecule has 1 aromatic heterocycles. The molecule has 2 N–H and O–H groups in total. The molecule has 7 heteroatoms. The fourth-order valence-corrected chi connectivity index (χ4v) is 4.63. The Morgan fingerprint density at radius 2 is 2.19 bits per heavy atom. The number of fused-ring (bicyclic) bond motifs is 2. The summed E-state index contributed by atoms with van der Waals surface area (Å²) in [6.45, 7) is -0.126. The van der Waals surface area contributed by atoms with E-state index in [1.807, 2.05) is 6.07 Å². The first kappa shape index (κ1) is 16.6. The fraction of sp³-hybridized carbons (Fsp3) is 0.316. The lowest BCUT2D eigenvalue weighted by atomic mass is 10.0. The summed E-state index contributed by atoms with van der Waals surface area (Å²) in [4.78, 5) is 24.8. The van der Waals surface area contributed by atoms with E-state index in [1.165, 1.54) is 16.2 Å². The van der Waals surface area contributed by atoms with Crippen LogP contribution in [0, 0.1) is 11.3 Å². The van der Waals surface area contributed by atoms with Gasteiger partial charge in [0.2, 0.25) is 5.91 Å². The Kier molecular flexibility index (Phi) is 4.35. The molecule has 4 rings (SSSR count). The minimum atomic E-state index is -0.285. The molecule has 2 amide bonds. The molecule has 0 unspecified atom stereocenters. The largest absolute Gasteiger partial charge is 0.484 e. The topological polar surface area (TPSA) is 91.2 Å². The van der Waals surface area contributed by atoms with Crippen LogP contribution in [0.1, 0.15) is 34.4 Å². The van der Waals surface area contributed by atoms with Crippen LogP contribution in [-0.4, -0.2) is 18.4 Å². The number of ether oxygens (including phenoxy) is 1. The molecule has 6 nitrogen and oxygen atoms in total. The van der Waals surface area contributed by atoms with Gasteiger partial charge in [-0.15, -0.1) is 11.3 Å². The predicted octanol–water partition coefficient (Wildman–Crippen LogP) is 3.01. The zero-order valence-corrected chi connectivity index (χ0v) is 14.9. The Bertz CT molecular complexity index is 942. The second kappa shape index (κ2) is 6.81. The van der Waals surface area contributed by atoms with Gasteiger partial charge in [0.1, 0.15) is 16.8 Å². The zero-order valence-electron chi connectivity index (χ0n) is 14.1. The van der Waals surface area contributed by atoms with Crippen molar-refractivity contribution >= 4 is 33.8 Å². The molecular weight excluding hydrogens is 350 g/mol. The van der Waals surface area contributed by atoms with E-state index in [0.29, 0.717) is 29.2 Å². The van der Waals surface area contributed by atoms with Crippen molar-refractivity contribution in [2.75, 3.05) is 17.2 Å². The van der Waals surface area contributed by atoms with Crippen molar-refractivity contribution in [2.24, 2.45) is 0 Å². The molecular formula is C19H17N3O3S. The van der Waals surface area contributed by atoms with Crippen molar-refractivity contribution in [3.05, 3.63) is 39.8 Å². The maximum atomic E-state index is 12.2. The molecule has 26 heavy (non-hydrogen) atoms. The third-order valence-electron chi connectivity index (χ3n) is 4.63. The molecule has 0 saturated heterocycles. The van der Waals surface area contributed by atoms with Crippen LogP contribution in [0.4, 0.5) is 10.7 Å². The highest BCUT2D eigenvalue weighted by atomic mass is 32.1. The van der Waals surface area contributed by atoms with Gasteiger partial charge in [0.25, 0.3) is 5.91 Å². The molecule has 1 aliphatic heterocycles. The summed E-state index contributed by atoms with van der Waals surface area (Å²) in [5.74, 6) is 0.318. The highest BCUT2D eigenvalue weighted by Crippen LogP contribution is 2.38. The molecule has 1 aliphatic carbocycles. The summed E-state index contributed by atoms with van der Waals surface area (Å²) >= 11 is 1.49. The molecule has 2 aromatic rings. The van der Waals surface area contributed by atoms with Crippen molar-refractivity contribution in [2.45, 2.75) is 32.1 Å². The summed E-state index contributed by atoms with van der Waals surface area (Å²) in [5.41, 5.74) is 3.49. The Balaban J connectivity index is 1.39. The highest BCUT2D eigenvalue weighted by Gasteiger charge is 2.23. The maximum absolute atomic E-state index is 12.2. The minimum absolute atomic E-state index is 0.0155. The third-order valence-corrected chi connectivity index (χ3v) is 5.84. The Morgan fingerprint density at radius 3 is 3.04 bits per heavy atom. The SMILES string of the molecule is N#Cc1c(NC(=O)COc2ccc3c(c2)CCC(=O)N3)sc2c1CCC2. The van der Waals surface area contributed by atoms with Crippen LogP contribution in [0.15, 0.2) is 18.2 Å². The van der Waals surface area contributed by atoms with Gasteiger partial charge < -0.3 is 15.4 Å². The van der Waals surface area contributed by atoms with Crippen molar-refractivity contribution < 1.29 is 14.3 Å². The number of carbonyl (C=O) groups excluding carboxylic acids is 2. The lowest BCUT2D eigenvalue weighted by Crippen LogP contribution is -2.21. The molecule has 0 bridgehead atoms. The van der Waals surface area contributed by atoms with E-state index in [-0.39, 0.29) is 18.4 Å². The average Bonchev–Trinajstić information content (AvgIpc) is 3.20. The van der Waals surface area contributed by atoms with Gasteiger partial charge in [0.05, 0.1) is 5.56 Å². The number of benzene rings is 1. The number of anilines is 2. The van der Waals surface area contributed by atoms with Crippen LogP contribution >= 0.6 is 11.3 Å². The summed E-state index contributed by atoms with van der Waals surface area (Å²) in [7, 11) is 0. The first-order valence-corrected chi connectivity index (χ1v) is 9.36. The number of thiophene rings is 1. The monoisotopic (exact) mass is 367 g/mol. The zero-order chi connectivity index (χ0) is 18.1. The van der Waals surface area contributed by atoms with Gasteiger partial charge in [-0.05, 0) is 55.0 Å². The van der Waals surface area contributed by atoms with Crippen molar-refractivity contribution in [3.63, 3.8) is 0 Å². The van der Waals surface area contributed by atoms with Crippen LogP contribution in [-0.2, 0) is 28.9 Å². The number of nitriles is 1. The van der Waals surface area contributed by atoms with E-state index in [0.717, 1.165) is 36.1 Å². The third kappa shape index (κ3) is 3.16. The first-order chi connectivity index (χ1) is 12.6. The smallest absolute Gasteiger partial charge is 0.262 e. The molecule has 0 spiro atoms. The number of hydrogen-bond acceptors (Lipinski definition) is 5. The van der Waals surface area contributed by atoms with Gasteiger partial charge in [0, 0.05) is 17.0 Å². The summed E-state index contributed by atoms with van der Waals surface area (Å²) < 4.78 is 5.58. The quantitative estimate of drug-likeness (QED) is 0.869. The standard InChI is InChI=1S/C19H17N3O3S/c20-9-14-13-2-1-3-16(13)26-19(14)22-18(24)10-25-12-5-6-15-11(8-12)4-7-17(23)21-15/h5-6,8H,1-4,7,10H2,(H,21,23)(H,22,24). The molecule has 2 heterocycles. The van der Waals surface area contributed by atoms with Gasteiger partial charge in [0.15, 0.2) is 6.61 Å². The van der Waals surface area contributed by atoms with E-state index >= 15 is 0 Å². The molecule has 0 fully saturated rings. The number of nitrogens with zero attached hydrogens (tertiary/aromatic N) is 1. The Hall–Kier alpha value is -2.85. The lowest BCUT2D eigenvalue weighted by Gasteiger charge is -2.17. The van der Waals surface area contributed by atoms with Gasteiger partial charge in [-0.2, -0.15) is 5.26 Å². The molecule has 0 saturated carbocycles. The van der Waals surface area contributed by atoms with E-state index in [1.54, 1.807) is 12.1 Å². The number of amides is 2. The average molecular weight is 367 g/mol. The second-order valence-corrected chi connectivity index (χ2v) is 7.48. The van der Waals surface area contributed by atoms with Gasteiger partial charge in [-0.1, -0.05) is 0 Å². The van der Waals surface area contributed by atoms with Crippen LogP contribution in [0.25, 0.3) is 0 Å². The lowest BCUT2D eigenvalue weighted by molar-refractivity contribution is -0.118. The number of carbonyl (C=O) groups is 2. The molecule has 0 radical (unpaired) electrons. The molecule has 0 atom stereocenters. The van der Waals surface area contributed by atoms with Crippen molar-refractivity contribution in [1.29, 1.82) is 5.26 Å². The highest BCUT2D eigenvalue weighted by molar-refractivity contribution is 7.16. The second-order valence-electron chi connectivity index (χ2n) is 6.38. The van der Waals surface area contributed by atoms with E-state index in [4.69, 9.17) is 4.74 Å². The predicted molar refractivity (Wildman–Crippen MR) is 98.6 cm³/mol. The maximum Gasteiger partial charge on any atom is 0.262 e. The van der Waals surface area contributed by atoms with Gasteiger partial charge in [-0.25, -0.2) is 0 Å². The summed E-state index contributed by atoms with van der Waals surface area (Å²) in [5, 5.41) is 15.6. The summed E-state index contributed by atoms with van der Waals surface area (Å²) in [6, 6.07) is 7.59. The number of rotatable bonds is 4. The van der Waals surface area contributed by atoms with Crippen LogP contribution in [0.5, 0.6) is 5.75 Å². The Morgan fingerprint density at radius 1 is 1.31 bits per heavy atom. The van der Waals surface area contributed by atoms with E-state index in [9.17, 15) is 14.9 Å². The Labute approximate surface area is 154 Å². The van der Waals surface area contributed by atoms with Crippen LogP contribution < -0.4 is 15.4 Å². The molecule has 132 valence electrons. The summed E-state index contributed by atoms with van der Waals surface area (Å²) in [6.07, 6.45) is 4.08. The minimum Gasteiger partial charge on any atom is -0.484 e. The van der Waals surface area contributed by atoms with Crippen molar-refractivity contribution in [1.82, 2.24) is 0 Å². The van der Waals surface area contributed by atoms with E-state index < -0.39 is 0 Å². The van der Waals surface area contributed by atoms with Crippen molar-refractivity contribution in [3.8, 4) is 11.8 Å².